The van der Waals surface area contributed by atoms with Gasteiger partial charge < -0.3 is 9.64 Å². The molecular formula is C16H22N2O7S. The normalized spacial score (nSPS) is 18.4. The van der Waals surface area contributed by atoms with Crippen molar-refractivity contribution in [2.45, 2.75) is 50.2 Å². The maximum atomic E-state index is 12.5. The van der Waals surface area contributed by atoms with Crippen molar-refractivity contribution in [3.63, 3.8) is 0 Å². The number of nitro groups is 1. The van der Waals surface area contributed by atoms with E-state index in [0.29, 0.717) is 19.4 Å². The van der Waals surface area contributed by atoms with Gasteiger partial charge in [0.1, 0.15) is 5.60 Å². The van der Waals surface area contributed by atoms with Crippen molar-refractivity contribution in [3.8, 4) is 0 Å². The third-order valence-corrected chi connectivity index (χ3v) is 5.03. The van der Waals surface area contributed by atoms with Crippen LogP contribution in [0.4, 0.5) is 10.5 Å². The van der Waals surface area contributed by atoms with Crippen LogP contribution in [0.1, 0.15) is 33.6 Å². The highest BCUT2D eigenvalue weighted by Crippen LogP contribution is 2.27. The number of benzene rings is 1. The molecule has 1 aromatic rings. The third kappa shape index (κ3) is 5.15. The molecule has 0 radical (unpaired) electrons. The first-order valence-electron chi connectivity index (χ1n) is 8.14. The summed E-state index contributed by atoms with van der Waals surface area (Å²) in [5.41, 5.74) is -1.21. The number of carbonyl (C=O) groups excluding carboxylic acids is 1. The molecule has 2 rings (SSSR count). The van der Waals surface area contributed by atoms with Gasteiger partial charge in [0.25, 0.3) is 5.69 Å². The molecule has 1 saturated heterocycles. The minimum absolute atomic E-state index is 0.0365. The van der Waals surface area contributed by atoms with Crippen LogP contribution in [-0.2, 0) is 19.0 Å². The first-order chi connectivity index (χ1) is 12.0. The number of hydrogen-bond acceptors (Lipinski definition) is 7. The van der Waals surface area contributed by atoms with E-state index >= 15 is 0 Å². The number of nitro benzene ring substituents is 1. The van der Waals surface area contributed by atoms with Crippen LogP contribution < -0.4 is 0 Å². The van der Waals surface area contributed by atoms with Crippen LogP contribution in [0.15, 0.2) is 29.2 Å². The molecule has 144 valence electrons. The highest BCUT2D eigenvalue weighted by molar-refractivity contribution is 7.87. The Balaban J connectivity index is 2.13. The number of para-hydroxylation sites is 1. The number of ether oxygens (including phenoxy) is 1. The van der Waals surface area contributed by atoms with Gasteiger partial charge in [-0.25, -0.2) is 4.79 Å². The first kappa shape index (κ1) is 20.1. The molecule has 0 bridgehead atoms. The lowest BCUT2D eigenvalue weighted by atomic mass is 10.1. The predicted molar refractivity (Wildman–Crippen MR) is 92.2 cm³/mol. The maximum Gasteiger partial charge on any atom is 0.410 e. The van der Waals surface area contributed by atoms with Gasteiger partial charge >= 0.3 is 16.2 Å². The van der Waals surface area contributed by atoms with Gasteiger partial charge in [-0.3, -0.25) is 14.3 Å². The fraction of sp³-hybridized carbons (Fsp3) is 0.562. The molecular weight excluding hydrogens is 364 g/mol. The van der Waals surface area contributed by atoms with Crippen LogP contribution in [0, 0.1) is 10.1 Å². The fourth-order valence-corrected chi connectivity index (χ4v) is 3.82. The first-order valence-corrected chi connectivity index (χ1v) is 9.55. The molecule has 0 saturated carbocycles. The van der Waals surface area contributed by atoms with Gasteiger partial charge in [-0.15, -0.1) is 0 Å². The van der Waals surface area contributed by atoms with Crippen molar-refractivity contribution in [3.05, 3.63) is 34.4 Å². The van der Waals surface area contributed by atoms with Crippen LogP contribution >= 0.6 is 0 Å². The highest BCUT2D eigenvalue weighted by atomic mass is 32.2. The Labute approximate surface area is 152 Å². The lowest BCUT2D eigenvalue weighted by Crippen LogP contribution is -2.45. The van der Waals surface area contributed by atoms with Crippen LogP contribution in [0.5, 0.6) is 0 Å². The summed E-state index contributed by atoms with van der Waals surface area (Å²) in [4.78, 5) is 23.3. The summed E-state index contributed by atoms with van der Waals surface area (Å²) in [6.45, 7) is 5.68. The van der Waals surface area contributed by atoms with Crippen molar-refractivity contribution in [2.24, 2.45) is 0 Å². The minimum Gasteiger partial charge on any atom is -0.444 e. The number of nitrogens with zero attached hydrogens (tertiary/aromatic N) is 2. The number of rotatable bonds is 4. The summed E-state index contributed by atoms with van der Waals surface area (Å²) in [7, 11) is -4.34. The molecule has 1 fully saturated rings. The van der Waals surface area contributed by atoms with Crippen molar-refractivity contribution < 1.29 is 27.1 Å². The predicted octanol–water partition coefficient (Wildman–Crippen LogP) is 2.70. The van der Waals surface area contributed by atoms with Crippen molar-refractivity contribution >= 4 is 21.9 Å². The monoisotopic (exact) mass is 386 g/mol. The molecule has 1 aliphatic heterocycles. The Morgan fingerprint density at radius 2 is 1.96 bits per heavy atom. The summed E-state index contributed by atoms with van der Waals surface area (Å²) in [6.07, 6.45) is -0.384. The smallest absolute Gasteiger partial charge is 0.410 e. The molecule has 0 spiro atoms. The molecule has 9 nitrogen and oxygen atoms in total. The maximum absolute atomic E-state index is 12.5. The topological polar surface area (TPSA) is 116 Å². The molecule has 1 heterocycles. The van der Waals surface area contributed by atoms with Crippen molar-refractivity contribution in [1.29, 1.82) is 0 Å². The Morgan fingerprint density at radius 1 is 1.31 bits per heavy atom. The van der Waals surface area contributed by atoms with Gasteiger partial charge in [-0.2, -0.15) is 8.42 Å². The third-order valence-electron chi connectivity index (χ3n) is 3.62. The van der Waals surface area contributed by atoms with Gasteiger partial charge in [-0.1, -0.05) is 12.1 Å². The zero-order valence-corrected chi connectivity index (χ0v) is 15.7. The number of hydrogen-bond donors (Lipinski definition) is 0. The van der Waals surface area contributed by atoms with E-state index in [4.69, 9.17) is 8.92 Å². The second-order valence-corrected chi connectivity index (χ2v) is 8.51. The molecule has 1 aliphatic rings. The quantitative estimate of drug-likeness (QED) is 0.444. The second-order valence-electron chi connectivity index (χ2n) is 6.97. The van der Waals surface area contributed by atoms with Crippen LogP contribution in [0.2, 0.25) is 0 Å². The average Bonchev–Trinajstić information content (AvgIpc) is 2.53. The van der Waals surface area contributed by atoms with Gasteiger partial charge in [0.15, 0.2) is 4.90 Å². The second kappa shape index (κ2) is 7.58. The van der Waals surface area contributed by atoms with E-state index in [2.05, 4.69) is 0 Å². The van der Waals surface area contributed by atoms with E-state index in [1.54, 1.807) is 20.8 Å². The zero-order valence-electron chi connectivity index (χ0n) is 14.9. The van der Waals surface area contributed by atoms with E-state index in [1.807, 2.05) is 0 Å². The summed E-state index contributed by atoms with van der Waals surface area (Å²) < 4.78 is 35.4. The number of carbonyl (C=O) groups is 1. The van der Waals surface area contributed by atoms with E-state index < -0.39 is 43.4 Å². The lowest BCUT2D eigenvalue weighted by molar-refractivity contribution is -0.387. The van der Waals surface area contributed by atoms with Gasteiger partial charge in [0.2, 0.25) is 0 Å². The average molecular weight is 386 g/mol. The van der Waals surface area contributed by atoms with Crippen LogP contribution in [0.25, 0.3) is 0 Å². The SMILES string of the molecule is CC(C)(C)OC(=O)N1CCC[C@@H](OS(=O)(=O)c2ccccc2[N+](=O)[O-])C1. The Kier molecular flexibility index (Phi) is 5.87. The lowest BCUT2D eigenvalue weighted by Gasteiger charge is -2.33. The van der Waals surface area contributed by atoms with E-state index in [0.717, 1.165) is 12.1 Å². The van der Waals surface area contributed by atoms with E-state index in [9.17, 15) is 23.3 Å². The molecule has 26 heavy (non-hydrogen) atoms. The molecule has 10 heteroatoms. The summed E-state index contributed by atoms with van der Waals surface area (Å²) in [5.74, 6) is 0. The highest BCUT2D eigenvalue weighted by Gasteiger charge is 2.33. The Bertz CT molecular complexity index is 786. The van der Waals surface area contributed by atoms with E-state index in [-0.39, 0.29) is 6.54 Å². The molecule has 1 atom stereocenters. The summed E-state index contributed by atoms with van der Waals surface area (Å²) >= 11 is 0. The summed E-state index contributed by atoms with van der Waals surface area (Å²) in [5, 5.41) is 11.1. The molecule has 1 aromatic carbocycles. The van der Waals surface area contributed by atoms with Gasteiger partial charge in [0, 0.05) is 12.6 Å². The van der Waals surface area contributed by atoms with Gasteiger partial charge in [-0.05, 0) is 39.7 Å². The number of amides is 1. The van der Waals surface area contributed by atoms with Crippen molar-refractivity contribution in [1.82, 2.24) is 4.90 Å². The largest absolute Gasteiger partial charge is 0.444 e. The van der Waals surface area contributed by atoms with Gasteiger partial charge in [0.05, 0.1) is 17.6 Å². The standard InChI is InChI=1S/C16H22N2O7S/c1-16(2,3)24-15(19)17-10-6-7-12(11-17)25-26(22,23)14-9-5-4-8-13(14)18(20)21/h4-5,8-9,12H,6-7,10-11H2,1-3H3/t12-/m1/s1. The molecule has 0 N–H and O–H groups in total. The molecule has 1 amide bonds. The minimum atomic E-state index is -4.34. The van der Waals surface area contributed by atoms with E-state index in [1.165, 1.54) is 17.0 Å². The Hall–Kier alpha value is -2.20. The molecule has 0 aromatic heterocycles. The van der Waals surface area contributed by atoms with Crippen LogP contribution in [0.3, 0.4) is 0 Å². The fourth-order valence-electron chi connectivity index (χ4n) is 2.56. The Morgan fingerprint density at radius 3 is 2.58 bits per heavy atom. The number of piperidine rings is 1. The number of likely N-dealkylation sites (tertiary alicyclic amines) is 1. The molecule has 0 aliphatic carbocycles. The zero-order chi connectivity index (χ0) is 19.5. The summed E-state index contributed by atoms with van der Waals surface area (Å²) in [6, 6.07) is 4.99. The van der Waals surface area contributed by atoms with Crippen molar-refractivity contribution in [2.75, 3.05) is 13.1 Å². The molecule has 0 unspecified atom stereocenters. The van der Waals surface area contributed by atoms with Crippen LogP contribution in [-0.4, -0.2) is 49.1 Å².